The maximum atomic E-state index is 13.2. The molecule has 0 N–H and O–H groups in total. The normalized spacial score (nSPS) is 12.5. The van der Waals surface area contributed by atoms with Gasteiger partial charge in [0.2, 0.25) is 0 Å². The van der Waals surface area contributed by atoms with Crippen molar-refractivity contribution in [3.8, 4) is 11.1 Å². The van der Waals surface area contributed by atoms with Gasteiger partial charge in [-0.3, -0.25) is 25.0 Å². The van der Waals surface area contributed by atoms with Crippen LogP contribution in [0.1, 0.15) is 21.5 Å². The fourth-order valence-electron chi connectivity index (χ4n) is 3.56. The second kappa shape index (κ2) is 7.16. The Morgan fingerprint density at radius 2 is 1.21 bits per heavy atom. The van der Waals surface area contributed by atoms with E-state index in [1.165, 1.54) is 0 Å². The van der Waals surface area contributed by atoms with Gasteiger partial charge in [-0.25, -0.2) is 0 Å². The zero-order valence-corrected chi connectivity index (χ0v) is 15.1. The van der Waals surface area contributed by atoms with Gasteiger partial charge in [-0.05, 0) is 22.3 Å². The molecule has 0 saturated heterocycles. The van der Waals surface area contributed by atoms with Crippen LogP contribution in [0.4, 0.5) is 11.4 Å². The Bertz CT molecular complexity index is 1080. The summed E-state index contributed by atoms with van der Waals surface area (Å²) in [5, 5.41) is 22.3. The number of nitro benzene ring substituents is 2. The Morgan fingerprint density at radius 1 is 0.759 bits per heavy atom. The Morgan fingerprint density at radius 3 is 1.66 bits per heavy atom. The van der Waals surface area contributed by atoms with Crippen LogP contribution in [0.15, 0.2) is 66.7 Å². The number of nitro groups is 2. The first-order valence-corrected chi connectivity index (χ1v) is 8.83. The minimum Gasteiger partial charge on any atom is -0.330 e. The van der Waals surface area contributed by atoms with E-state index in [0.29, 0.717) is 13.1 Å². The first kappa shape index (κ1) is 18.3. The van der Waals surface area contributed by atoms with Crippen molar-refractivity contribution in [1.29, 1.82) is 0 Å². The summed E-state index contributed by atoms with van der Waals surface area (Å²) in [7, 11) is 0. The fraction of sp³-hybridized carbons (Fsp3) is 0.0952. The van der Waals surface area contributed by atoms with Crippen LogP contribution in [-0.4, -0.2) is 20.7 Å². The molecule has 1 aliphatic heterocycles. The van der Waals surface area contributed by atoms with Crippen molar-refractivity contribution in [2.24, 2.45) is 0 Å². The van der Waals surface area contributed by atoms with Crippen molar-refractivity contribution < 1.29 is 14.6 Å². The summed E-state index contributed by atoms with van der Waals surface area (Å²) in [5.41, 5.74) is 2.85. The zero-order valence-electron chi connectivity index (χ0n) is 15.1. The molecule has 0 spiro atoms. The topological polar surface area (TPSA) is 107 Å². The highest BCUT2D eigenvalue weighted by Crippen LogP contribution is 2.33. The maximum absolute atomic E-state index is 13.2. The molecule has 144 valence electrons. The number of hydrogen-bond acceptors (Lipinski definition) is 5. The molecular formula is C21H15N3O5. The highest BCUT2D eigenvalue weighted by Gasteiger charge is 2.26. The number of fused-ring (bicyclic) bond motifs is 3. The molecule has 1 aliphatic rings. The van der Waals surface area contributed by atoms with Gasteiger partial charge in [0.25, 0.3) is 17.3 Å². The minimum atomic E-state index is -0.739. The number of rotatable bonds is 3. The van der Waals surface area contributed by atoms with E-state index in [4.69, 9.17) is 0 Å². The van der Waals surface area contributed by atoms with Crippen molar-refractivity contribution in [2.75, 3.05) is 0 Å². The van der Waals surface area contributed by atoms with Crippen LogP contribution in [0, 0.1) is 20.2 Å². The van der Waals surface area contributed by atoms with E-state index in [-0.39, 0.29) is 5.56 Å². The van der Waals surface area contributed by atoms with Crippen LogP contribution in [0.3, 0.4) is 0 Å². The molecule has 0 aromatic heterocycles. The number of hydrogen-bond donors (Lipinski definition) is 0. The molecule has 0 radical (unpaired) electrons. The summed E-state index contributed by atoms with van der Waals surface area (Å²) < 4.78 is 0. The lowest BCUT2D eigenvalue weighted by Gasteiger charge is -2.21. The number of carbonyl (C=O) groups is 1. The van der Waals surface area contributed by atoms with E-state index in [1.807, 2.05) is 48.5 Å². The van der Waals surface area contributed by atoms with Gasteiger partial charge in [-0.2, -0.15) is 0 Å². The third kappa shape index (κ3) is 3.43. The molecular weight excluding hydrogens is 374 g/mol. The molecule has 0 unspecified atom stereocenters. The summed E-state index contributed by atoms with van der Waals surface area (Å²) in [6.07, 6.45) is 0. The molecule has 0 bridgehead atoms. The highest BCUT2D eigenvalue weighted by atomic mass is 16.6. The van der Waals surface area contributed by atoms with Crippen LogP contribution in [0.25, 0.3) is 11.1 Å². The molecule has 1 amide bonds. The Hall–Kier alpha value is -4.07. The van der Waals surface area contributed by atoms with Gasteiger partial charge in [-0.1, -0.05) is 48.5 Å². The molecule has 0 aliphatic carbocycles. The van der Waals surface area contributed by atoms with E-state index in [2.05, 4.69) is 0 Å². The predicted molar refractivity (Wildman–Crippen MR) is 105 cm³/mol. The summed E-state index contributed by atoms with van der Waals surface area (Å²) in [4.78, 5) is 35.6. The third-order valence-electron chi connectivity index (χ3n) is 4.91. The number of nitrogens with zero attached hydrogens (tertiary/aromatic N) is 3. The summed E-state index contributed by atoms with van der Waals surface area (Å²) in [6.45, 7) is 0.584. The SMILES string of the molecule is O=C(c1cc([N+](=O)[O-])cc([N+](=O)[O-])c1)N1Cc2ccccc2-c2ccccc2C1. The quantitative estimate of drug-likeness (QED) is 0.490. The van der Waals surface area contributed by atoms with Gasteiger partial charge in [0, 0.05) is 25.2 Å². The van der Waals surface area contributed by atoms with Gasteiger partial charge >= 0.3 is 0 Å². The summed E-state index contributed by atoms with van der Waals surface area (Å²) >= 11 is 0. The van der Waals surface area contributed by atoms with Gasteiger partial charge in [0.05, 0.1) is 21.5 Å². The van der Waals surface area contributed by atoms with Crippen molar-refractivity contribution in [3.63, 3.8) is 0 Å². The first-order chi connectivity index (χ1) is 13.9. The Labute approximate surface area is 165 Å². The van der Waals surface area contributed by atoms with Gasteiger partial charge in [0.15, 0.2) is 0 Å². The van der Waals surface area contributed by atoms with E-state index in [0.717, 1.165) is 40.5 Å². The minimum absolute atomic E-state index is 0.0808. The van der Waals surface area contributed by atoms with Crippen LogP contribution in [0.2, 0.25) is 0 Å². The zero-order chi connectivity index (χ0) is 20.5. The number of non-ortho nitro benzene ring substituents is 2. The van der Waals surface area contributed by atoms with E-state index >= 15 is 0 Å². The molecule has 0 fully saturated rings. The lowest BCUT2D eigenvalue weighted by molar-refractivity contribution is -0.394. The molecule has 3 aromatic carbocycles. The van der Waals surface area contributed by atoms with Gasteiger partial charge in [-0.15, -0.1) is 0 Å². The van der Waals surface area contributed by atoms with E-state index in [1.54, 1.807) is 4.90 Å². The van der Waals surface area contributed by atoms with Crippen molar-refractivity contribution in [3.05, 3.63) is 104 Å². The largest absolute Gasteiger partial charge is 0.330 e. The van der Waals surface area contributed by atoms with Crippen molar-refractivity contribution >= 4 is 17.3 Å². The standard InChI is InChI=1S/C21H15N3O5/c25-21(16-9-17(23(26)27)11-18(10-16)24(28)29)22-12-14-5-1-3-7-19(14)20-8-4-2-6-15(20)13-22/h1-11H,12-13H2. The third-order valence-corrected chi connectivity index (χ3v) is 4.91. The number of carbonyl (C=O) groups excluding carboxylic acids is 1. The molecule has 0 saturated carbocycles. The molecule has 29 heavy (non-hydrogen) atoms. The fourth-order valence-corrected chi connectivity index (χ4v) is 3.56. The lowest BCUT2D eigenvalue weighted by atomic mass is 9.97. The molecule has 4 rings (SSSR count). The second-order valence-corrected chi connectivity index (χ2v) is 6.73. The lowest BCUT2D eigenvalue weighted by Crippen LogP contribution is -2.29. The predicted octanol–water partition coefficient (Wildman–Crippen LogP) is 4.33. The number of benzene rings is 3. The van der Waals surface area contributed by atoms with Crippen LogP contribution < -0.4 is 0 Å². The highest BCUT2D eigenvalue weighted by molar-refractivity contribution is 5.96. The van der Waals surface area contributed by atoms with E-state index in [9.17, 15) is 25.0 Å². The Balaban J connectivity index is 1.79. The van der Waals surface area contributed by atoms with Crippen molar-refractivity contribution in [2.45, 2.75) is 13.1 Å². The van der Waals surface area contributed by atoms with Crippen LogP contribution >= 0.6 is 0 Å². The average Bonchev–Trinajstić information content (AvgIpc) is 2.89. The van der Waals surface area contributed by atoms with E-state index < -0.39 is 27.1 Å². The smallest absolute Gasteiger partial charge is 0.277 e. The average molecular weight is 389 g/mol. The van der Waals surface area contributed by atoms with Crippen LogP contribution in [-0.2, 0) is 13.1 Å². The molecule has 0 atom stereocenters. The molecule has 8 heteroatoms. The second-order valence-electron chi connectivity index (χ2n) is 6.73. The number of amides is 1. The maximum Gasteiger partial charge on any atom is 0.277 e. The van der Waals surface area contributed by atoms with Gasteiger partial charge < -0.3 is 4.90 Å². The van der Waals surface area contributed by atoms with Gasteiger partial charge in [0.1, 0.15) is 0 Å². The Kier molecular flexibility index (Phi) is 4.52. The summed E-state index contributed by atoms with van der Waals surface area (Å²) in [5.74, 6) is -0.497. The molecule has 1 heterocycles. The first-order valence-electron chi connectivity index (χ1n) is 8.83. The van der Waals surface area contributed by atoms with Crippen LogP contribution in [0.5, 0.6) is 0 Å². The summed E-state index contributed by atoms with van der Waals surface area (Å²) in [6, 6.07) is 18.5. The molecule has 8 nitrogen and oxygen atoms in total. The monoisotopic (exact) mass is 389 g/mol. The van der Waals surface area contributed by atoms with Crippen molar-refractivity contribution in [1.82, 2.24) is 4.90 Å². The molecule has 3 aromatic rings.